The highest BCUT2D eigenvalue weighted by Gasteiger charge is 2.07. The molecule has 4 heteroatoms. The molecule has 0 amide bonds. The van der Waals surface area contributed by atoms with Crippen molar-refractivity contribution in [1.29, 1.82) is 0 Å². The Kier molecular flexibility index (Phi) is 3.49. The number of benzene rings is 1. The van der Waals surface area contributed by atoms with Crippen molar-refractivity contribution in [2.45, 2.75) is 25.8 Å². The second-order valence-electron chi connectivity index (χ2n) is 4.83. The van der Waals surface area contributed by atoms with E-state index in [-0.39, 0.29) is 0 Å². The van der Waals surface area contributed by atoms with Crippen LogP contribution in [0.3, 0.4) is 0 Å². The summed E-state index contributed by atoms with van der Waals surface area (Å²) in [4.78, 5) is 4.65. The number of aromatic nitrogens is 3. The van der Waals surface area contributed by atoms with Crippen molar-refractivity contribution in [1.82, 2.24) is 14.6 Å². The van der Waals surface area contributed by atoms with Gasteiger partial charge in [-0.3, -0.25) is 0 Å². The Labute approximate surface area is 123 Å². The lowest BCUT2D eigenvalue weighted by Crippen LogP contribution is -1.91. The van der Waals surface area contributed by atoms with E-state index in [4.69, 9.17) is 0 Å². The monoisotopic (exact) mass is 283 g/mol. The topological polar surface area (TPSA) is 30.2 Å². The first kappa shape index (κ1) is 13.2. The Morgan fingerprint density at radius 1 is 1.10 bits per heavy atom. The Morgan fingerprint density at radius 3 is 2.70 bits per heavy atom. The number of fused-ring (bicyclic) bond motifs is 1. The van der Waals surface area contributed by atoms with Gasteiger partial charge in [0.05, 0.1) is 11.9 Å². The Morgan fingerprint density at radius 2 is 1.95 bits per heavy atom. The molecule has 1 aromatic carbocycles. The van der Waals surface area contributed by atoms with Crippen LogP contribution in [0.1, 0.15) is 18.1 Å². The molecule has 0 aliphatic carbocycles. The van der Waals surface area contributed by atoms with Gasteiger partial charge in [0.2, 0.25) is 0 Å². The lowest BCUT2D eigenvalue weighted by atomic mass is 10.1. The summed E-state index contributed by atoms with van der Waals surface area (Å²) in [6.07, 6.45) is 2.00. The molecule has 20 heavy (non-hydrogen) atoms. The second kappa shape index (κ2) is 5.29. The third-order valence-electron chi connectivity index (χ3n) is 3.39. The van der Waals surface area contributed by atoms with E-state index in [9.17, 15) is 0 Å². The number of aryl methyl sites for hydroxylation is 2. The third kappa shape index (κ3) is 2.43. The lowest BCUT2D eigenvalue weighted by molar-refractivity contribution is 0.859. The summed E-state index contributed by atoms with van der Waals surface area (Å²) >= 11 is 1.74. The molecule has 0 bridgehead atoms. The molecule has 0 saturated carbocycles. The molecule has 0 atom stereocenters. The zero-order valence-corrected chi connectivity index (χ0v) is 12.7. The molecule has 0 unspecified atom stereocenters. The van der Waals surface area contributed by atoms with Crippen molar-refractivity contribution < 1.29 is 0 Å². The van der Waals surface area contributed by atoms with Crippen molar-refractivity contribution in [3.05, 3.63) is 47.7 Å². The summed E-state index contributed by atoms with van der Waals surface area (Å²) in [5.41, 5.74) is 5.59. The van der Waals surface area contributed by atoms with Crippen LogP contribution in [0.25, 0.3) is 16.9 Å². The first-order valence-corrected chi connectivity index (χ1v) is 7.73. The zero-order chi connectivity index (χ0) is 14.1. The highest BCUT2D eigenvalue weighted by atomic mass is 32.2. The van der Waals surface area contributed by atoms with Crippen molar-refractivity contribution in [2.75, 3.05) is 5.75 Å². The Bertz CT molecular complexity index is 762. The normalized spacial score (nSPS) is 11.2. The minimum absolute atomic E-state index is 0.888. The van der Waals surface area contributed by atoms with Crippen LogP contribution >= 0.6 is 11.8 Å². The fourth-order valence-electron chi connectivity index (χ4n) is 2.13. The minimum atomic E-state index is 0.888. The van der Waals surface area contributed by atoms with Crippen molar-refractivity contribution in [2.24, 2.45) is 0 Å². The number of nitrogens with zero attached hydrogens (tertiary/aromatic N) is 3. The van der Waals surface area contributed by atoms with E-state index < -0.39 is 0 Å². The molecule has 0 N–H and O–H groups in total. The van der Waals surface area contributed by atoms with Crippen LogP contribution in [0.2, 0.25) is 0 Å². The maximum absolute atomic E-state index is 4.65. The highest BCUT2D eigenvalue weighted by molar-refractivity contribution is 7.99. The summed E-state index contributed by atoms with van der Waals surface area (Å²) in [6.45, 7) is 6.38. The lowest BCUT2D eigenvalue weighted by Gasteiger charge is -2.01. The maximum Gasteiger partial charge on any atom is 0.154 e. The van der Waals surface area contributed by atoms with Gasteiger partial charge in [0.15, 0.2) is 5.65 Å². The smallest absolute Gasteiger partial charge is 0.154 e. The first-order chi connectivity index (χ1) is 9.67. The van der Waals surface area contributed by atoms with Gasteiger partial charge in [-0.25, -0.2) is 9.50 Å². The van der Waals surface area contributed by atoms with E-state index in [1.165, 1.54) is 11.1 Å². The first-order valence-electron chi connectivity index (χ1n) is 6.74. The van der Waals surface area contributed by atoms with Crippen molar-refractivity contribution >= 4 is 17.4 Å². The Hall–Kier alpha value is -1.81. The fraction of sp³-hybridized carbons (Fsp3) is 0.250. The molecule has 0 radical (unpaired) electrons. The summed E-state index contributed by atoms with van der Waals surface area (Å²) < 4.78 is 1.86. The summed E-state index contributed by atoms with van der Waals surface area (Å²) in [6, 6.07) is 10.5. The molecule has 3 rings (SSSR count). The van der Waals surface area contributed by atoms with Crippen LogP contribution in [0.5, 0.6) is 0 Å². The van der Waals surface area contributed by atoms with Gasteiger partial charge >= 0.3 is 0 Å². The molecule has 0 aliphatic heterocycles. The highest BCUT2D eigenvalue weighted by Crippen LogP contribution is 2.22. The average Bonchev–Trinajstić information content (AvgIpc) is 2.85. The van der Waals surface area contributed by atoms with Gasteiger partial charge in [0.1, 0.15) is 5.03 Å². The molecule has 102 valence electrons. The largest absolute Gasteiger partial charge is 0.227 e. The molecule has 0 saturated heterocycles. The van der Waals surface area contributed by atoms with Gasteiger partial charge in [-0.1, -0.05) is 19.1 Å². The van der Waals surface area contributed by atoms with Crippen molar-refractivity contribution in [3.8, 4) is 11.3 Å². The van der Waals surface area contributed by atoms with Crippen LogP contribution in [0.15, 0.2) is 41.6 Å². The van der Waals surface area contributed by atoms with E-state index >= 15 is 0 Å². The summed E-state index contributed by atoms with van der Waals surface area (Å²) in [7, 11) is 0. The predicted molar refractivity (Wildman–Crippen MR) is 84.3 cm³/mol. The van der Waals surface area contributed by atoms with E-state index in [0.29, 0.717) is 0 Å². The van der Waals surface area contributed by atoms with Crippen LogP contribution in [0, 0.1) is 13.8 Å². The van der Waals surface area contributed by atoms with Gasteiger partial charge in [0.25, 0.3) is 0 Å². The standard InChI is InChI=1S/C16H17N3S/c1-4-20-16-8-7-15-17-14(10-19(15)18-16)13-6-5-11(2)12(3)9-13/h5-10H,4H2,1-3H3. The second-order valence-corrected chi connectivity index (χ2v) is 6.12. The third-order valence-corrected chi connectivity index (χ3v) is 4.19. The molecule has 2 aromatic heterocycles. The zero-order valence-electron chi connectivity index (χ0n) is 11.9. The molecule has 3 aromatic rings. The summed E-state index contributed by atoms with van der Waals surface area (Å²) in [5, 5.41) is 5.60. The van der Waals surface area contributed by atoms with E-state index in [1.807, 2.05) is 22.8 Å². The number of thioether (sulfide) groups is 1. The van der Waals surface area contributed by atoms with Gasteiger partial charge in [-0.2, -0.15) is 5.10 Å². The predicted octanol–water partition coefficient (Wildman–Crippen LogP) is 4.13. The molecule has 3 nitrogen and oxygen atoms in total. The van der Waals surface area contributed by atoms with E-state index in [0.717, 1.165) is 27.7 Å². The van der Waals surface area contributed by atoms with Crippen LogP contribution in [0.4, 0.5) is 0 Å². The molecular weight excluding hydrogens is 266 g/mol. The average molecular weight is 283 g/mol. The molecule has 0 spiro atoms. The van der Waals surface area contributed by atoms with Crippen molar-refractivity contribution in [3.63, 3.8) is 0 Å². The molecule has 0 aliphatic rings. The van der Waals surface area contributed by atoms with Crippen LogP contribution in [-0.4, -0.2) is 20.4 Å². The van der Waals surface area contributed by atoms with Gasteiger partial charge < -0.3 is 0 Å². The number of hydrogen-bond donors (Lipinski definition) is 0. The van der Waals surface area contributed by atoms with Gasteiger partial charge in [-0.05, 0) is 48.9 Å². The minimum Gasteiger partial charge on any atom is -0.227 e. The number of hydrogen-bond acceptors (Lipinski definition) is 3. The molecular formula is C16H17N3S. The maximum atomic E-state index is 4.65. The summed E-state index contributed by atoms with van der Waals surface area (Å²) in [5.74, 6) is 1.03. The van der Waals surface area contributed by atoms with Gasteiger partial charge in [0, 0.05) is 5.56 Å². The van der Waals surface area contributed by atoms with E-state index in [1.54, 1.807) is 11.8 Å². The number of rotatable bonds is 3. The quantitative estimate of drug-likeness (QED) is 0.677. The molecule has 2 heterocycles. The van der Waals surface area contributed by atoms with Crippen LogP contribution in [-0.2, 0) is 0 Å². The SMILES string of the molecule is CCSc1ccc2nc(-c3ccc(C)c(C)c3)cn2n1. The van der Waals surface area contributed by atoms with Gasteiger partial charge in [-0.15, -0.1) is 11.8 Å². The van der Waals surface area contributed by atoms with E-state index in [2.05, 4.69) is 49.1 Å². The van der Waals surface area contributed by atoms with Crippen LogP contribution < -0.4 is 0 Å². The number of imidazole rings is 1. The Balaban J connectivity index is 2.05. The molecule has 0 fully saturated rings. The fourth-order valence-corrected chi connectivity index (χ4v) is 2.73.